The van der Waals surface area contributed by atoms with E-state index in [1.165, 1.54) is 18.4 Å². The van der Waals surface area contributed by atoms with Crippen LogP contribution in [0.2, 0.25) is 0 Å². The Bertz CT molecular complexity index is 916. The molecule has 134 valence electrons. The van der Waals surface area contributed by atoms with Gasteiger partial charge in [-0.15, -0.1) is 0 Å². The van der Waals surface area contributed by atoms with Crippen LogP contribution >= 0.6 is 0 Å². The van der Waals surface area contributed by atoms with Crippen LogP contribution in [-0.2, 0) is 4.74 Å². The molecule has 0 spiro atoms. The Morgan fingerprint density at radius 1 is 1.48 bits per heavy atom. The Balaban J connectivity index is 2.20. The van der Waals surface area contributed by atoms with Crippen LogP contribution in [0.25, 0.3) is 11.2 Å². The molecule has 1 aliphatic rings. The Kier molecular flexibility index (Phi) is 4.26. The van der Waals surface area contributed by atoms with Crippen molar-refractivity contribution in [3.63, 3.8) is 0 Å². The van der Waals surface area contributed by atoms with Crippen LogP contribution in [0.5, 0.6) is 0 Å². The van der Waals surface area contributed by atoms with Gasteiger partial charge in [-0.2, -0.15) is 4.98 Å². The van der Waals surface area contributed by atoms with E-state index in [-0.39, 0.29) is 36.0 Å². The number of ether oxygens (including phenoxy) is 1. The number of nitrogens with one attached hydrogen (secondary N) is 1. The summed E-state index contributed by atoms with van der Waals surface area (Å²) in [6.45, 7) is 2.66. The van der Waals surface area contributed by atoms with Gasteiger partial charge in [0.25, 0.3) is 5.56 Å². The molecule has 3 heterocycles. The standard InChI is InChI=1S/C15H19N5O5/c1-15(2,24)4-3-9-17-11-12(18-14(16)19-13(11)23)20(9)10-5-7(22)8(6-21)25-10/h7-8,10,21-22,24H,5-6H2,1-2H3,(H3,16,18,19,23)/t7-,8+,10+/m0/s1. The number of aliphatic hydroxyl groups is 3. The summed E-state index contributed by atoms with van der Waals surface area (Å²) in [7, 11) is 0. The minimum Gasteiger partial charge on any atom is -0.394 e. The van der Waals surface area contributed by atoms with E-state index >= 15 is 0 Å². The Morgan fingerprint density at radius 2 is 2.20 bits per heavy atom. The highest BCUT2D eigenvalue weighted by molar-refractivity contribution is 5.72. The number of aromatic amines is 1. The molecule has 1 aliphatic heterocycles. The van der Waals surface area contributed by atoms with Gasteiger partial charge in [0.05, 0.1) is 12.7 Å². The monoisotopic (exact) mass is 349 g/mol. The maximum Gasteiger partial charge on any atom is 0.280 e. The fraction of sp³-hybridized carbons (Fsp3) is 0.533. The molecule has 0 bridgehead atoms. The molecule has 6 N–H and O–H groups in total. The largest absolute Gasteiger partial charge is 0.394 e. The zero-order valence-corrected chi connectivity index (χ0v) is 13.7. The summed E-state index contributed by atoms with van der Waals surface area (Å²) < 4.78 is 7.07. The summed E-state index contributed by atoms with van der Waals surface area (Å²) >= 11 is 0. The normalized spacial score (nSPS) is 23.6. The molecule has 3 atom stereocenters. The fourth-order valence-corrected chi connectivity index (χ4v) is 2.61. The molecule has 1 fully saturated rings. The minimum absolute atomic E-state index is 0.0137. The number of nitrogens with zero attached hydrogens (tertiary/aromatic N) is 3. The van der Waals surface area contributed by atoms with Crippen LogP contribution in [0.3, 0.4) is 0 Å². The molecular weight excluding hydrogens is 330 g/mol. The highest BCUT2D eigenvalue weighted by Gasteiger charge is 2.36. The molecule has 0 amide bonds. The fourth-order valence-electron chi connectivity index (χ4n) is 2.61. The summed E-state index contributed by atoms with van der Waals surface area (Å²) in [4.78, 5) is 22.7. The van der Waals surface area contributed by atoms with Crippen molar-refractivity contribution in [1.29, 1.82) is 0 Å². The van der Waals surface area contributed by atoms with Gasteiger partial charge in [-0.3, -0.25) is 14.3 Å². The van der Waals surface area contributed by atoms with E-state index < -0.39 is 29.6 Å². The number of anilines is 1. The lowest BCUT2D eigenvalue weighted by atomic mass is 10.1. The molecule has 10 heteroatoms. The number of hydrogen-bond donors (Lipinski definition) is 5. The average molecular weight is 349 g/mol. The first-order valence-electron chi connectivity index (χ1n) is 7.67. The van der Waals surface area contributed by atoms with Gasteiger partial charge in [-0.1, -0.05) is 5.92 Å². The minimum atomic E-state index is -1.27. The predicted octanol–water partition coefficient (Wildman–Crippen LogP) is -1.54. The predicted molar refractivity (Wildman–Crippen MR) is 87.4 cm³/mol. The molecule has 2 aromatic heterocycles. The Morgan fingerprint density at radius 3 is 2.80 bits per heavy atom. The number of nitrogens with two attached hydrogens (primary N) is 1. The van der Waals surface area contributed by atoms with Crippen LogP contribution in [-0.4, -0.2) is 59.3 Å². The molecule has 2 aromatic rings. The van der Waals surface area contributed by atoms with Crippen LogP contribution < -0.4 is 11.3 Å². The number of aliphatic hydroxyl groups excluding tert-OH is 2. The lowest BCUT2D eigenvalue weighted by Gasteiger charge is -2.15. The van der Waals surface area contributed by atoms with Crippen LogP contribution in [0.1, 0.15) is 32.3 Å². The van der Waals surface area contributed by atoms with Gasteiger partial charge in [0.1, 0.15) is 17.9 Å². The third-order valence-corrected chi connectivity index (χ3v) is 3.72. The van der Waals surface area contributed by atoms with Crippen molar-refractivity contribution in [3.8, 4) is 11.8 Å². The first kappa shape index (κ1) is 17.4. The van der Waals surface area contributed by atoms with Gasteiger partial charge >= 0.3 is 0 Å². The zero-order chi connectivity index (χ0) is 18.4. The van der Waals surface area contributed by atoms with Crippen molar-refractivity contribution < 1.29 is 20.1 Å². The highest BCUT2D eigenvalue weighted by Crippen LogP contribution is 2.31. The lowest BCUT2D eigenvalue weighted by molar-refractivity contribution is -0.0434. The molecular formula is C15H19N5O5. The van der Waals surface area contributed by atoms with Gasteiger partial charge in [0, 0.05) is 6.42 Å². The number of nitrogen functional groups attached to an aromatic ring is 1. The molecule has 25 heavy (non-hydrogen) atoms. The first-order chi connectivity index (χ1) is 11.7. The molecule has 0 aliphatic carbocycles. The summed E-state index contributed by atoms with van der Waals surface area (Å²) in [5.74, 6) is 5.36. The number of imidazole rings is 1. The topological polar surface area (TPSA) is 160 Å². The quantitative estimate of drug-likeness (QED) is 0.408. The van der Waals surface area contributed by atoms with E-state index in [1.54, 1.807) is 0 Å². The first-order valence-corrected chi connectivity index (χ1v) is 7.67. The number of hydrogen-bond acceptors (Lipinski definition) is 8. The van der Waals surface area contributed by atoms with Gasteiger partial charge in [0.2, 0.25) is 5.95 Å². The van der Waals surface area contributed by atoms with Crippen LogP contribution in [0, 0.1) is 11.8 Å². The van der Waals surface area contributed by atoms with Crippen LogP contribution in [0.15, 0.2) is 4.79 Å². The van der Waals surface area contributed by atoms with E-state index in [0.717, 1.165) is 0 Å². The van der Waals surface area contributed by atoms with Crippen molar-refractivity contribution in [3.05, 3.63) is 16.2 Å². The Hall–Kier alpha value is -2.45. The summed E-state index contributed by atoms with van der Waals surface area (Å²) in [5.41, 5.74) is 3.97. The van der Waals surface area contributed by atoms with Gasteiger partial charge in [0.15, 0.2) is 17.0 Å². The highest BCUT2D eigenvalue weighted by atomic mass is 16.5. The Labute approximate surface area is 142 Å². The van der Waals surface area contributed by atoms with E-state index in [0.29, 0.717) is 0 Å². The van der Waals surface area contributed by atoms with Crippen molar-refractivity contribution >= 4 is 17.1 Å². The summed E-state index contributed by atoms with van der Waals surface area (Å²) in [5, 5.41) is 29.1. The van der Waals surface area contributed by atoms with Crippen molar-refractivity contribution in [2.24, 2.45) is 0 Å². The second-order valence-electron chi connectivity index (χ2n) is 6.35. The lowest BCUT2D eigenvalue weighted by Crippen LogP contribution is -2.24. The SMILES string of the molecule is CC(C)(O)C#Cc1nc2c(=O)[nH]c(N)nc2n1[C@H]1C[C@H](O)[C@@H](CO)O1. The molecule has 0 unspecified atom stereocenters. The number of H-pyrrole nitrogens is 1. The molecule has 0 saturated carbocycles. The second kappa shape index (κ2) is 6.12. The molecule has 0 radical (unpaired) electrons. The van der Waals surface area contributed by atoms with Crippen molar-refractivity contribution in [2.45, 2.75) is 44.3 Å². The van der Waals surface area contributed by atoms with Crippen molar-refractivity contribution in [1.82, 2.24) is 19.5 Å². The third-order valence-electron chi connectivity index (χ3n) is 3.72. The van der Waals surface area contributed by atoms with Crippen LogP contribution in [0.4, 0.5) is 5.95 Å². The van der Waals surface area contributed by atoms with E-state index in [4.69, 9.17) is 10.5 Å². The summed E-state index contributed by atoms with van der Waals surface area (Å²) in [6.07, 6.45) is -2.24. The van der Waals surface area contributed by atoms with Gasteiger partial charge in [-0.25, -0.2) is 4.98 Å². The molecule has 3 rings (SSSR count). The maximum absolute atomic E-state index is 12.1. The molecule has 10 nitrogen and oxygen atoms in total. The van der Waals surface area contributed by atoms with Crippen molar-refractivity contribution in [2.75, 3.05) is 12.3 Å². The summed E-state index contributed by atoms with van der Waals surface area (Å²) in [6, 6.07) is 0. The van der Waals surface area contributed by atoms with Gasteiger partial charge < -0.3 is 25.8 Å². The average Bonchev–Trinajstić information content (AvgIpc) is 3.04. The zero-order valence-electron chi connectivity index (χ0n) is 13.7. The number of rotatable bonds is 2. The van der Waals surface area contributed by atoms with E-state index in [1.807, 2.05) is 0 Å². The third kappa shape index (κ3) is 3.35. The van der Waals surface area contributed by atoms with Gasteiger partial charge in [-0.05, 0) is 19.8 Å². The molecule has 0 aromatic carbocycles. The van der Waals surface area contributed by atoms with E-state index in [2.05, 4.69) is 26.8 Å². The molecule has 1 saturated heterocycles. The smallest absolute Gasteiger partial charge is 0.280 e. The number of aromatic nitrogens is 4. The second-order valence-corrected chi connectivity index (χ2v) is 6.35. The van der Waals surface area contributed by atoms with E-state index in [9.17, 15) is 20.1 Å². The maximum atomic E-state index is 12.1. The number of fused-ring (bicyclic) bond motifs is 1.